The molecule has 6 unspecified atom stereocenters. The van der Waals surface area contributed by atoms with E-state index in [1.165, 1.54) is 12.8 Å². The molecule has 0 heterocycles. The first-order valence-electron chi connectivity index (χ1n) is 8.94. The SMILES string of the molecule is CC1=CC=CC2[CH-]C(C)CC12.CC1=CC=CC2[CH-]C(C)CC12.[Cl-].[Cl-].[Zr+4]. The van der Waals surface area contributed by atoms with Crippen LogP contribution < -0.4 is 24.8 Å². The molecule has 6 atom stereocenters. The van der Waals surface area contributed by atoms with Crippen LogP contribution in [-0.2, 0) is 26.2 Å². The van der Waals surface area contributed by atoms with E-state index >= 15 is 0 Å². The average Bonchev–Trinajstić information content (AvgIpc) is 3.03. The zero-order chi connectivity index (χ0) is 15.7. The zero-order valence-electron chi connectivity index (χ0n) is 15.8. The monoisotopic (exact) mass is 454 g/mol. The van der Waals surface area contributed by atoms with Gasteiger partial charge < -0.3 is 37.7 Å². The molecule has 2 fully saturated rings. The second-order valence-electron chi connectivity index (χ2n) is 7.77. The summed E-state index contributed by atoms with van der Waals surface area (Å²) < 4.78 is 0. The minimum atomic E-state index is 0. The Morgan fingerprint density at radius 1 is 0.760 bits per heavy atom. The van der Waals surface area contributed by atoms with Crippen LogP contribution in [0.4, 0.5) is 0 Å². The third-order valence-corrected chi connectivity index (χ3v) is 5.84. The smallest absolute Gasteiger partial charge is 1.00 e. The van der Waals surface area contributed by atoms with E-state index in [0.717, 1.165) is 35.5 Å². The molecule has 4 rings (SSSR count). The largest absolute Gasteiger partial charge is 4.00 e. The first kappa shape index (κ1) is 25.4. The van der Waals surface area contributed by atoms with E-state index in [4.69, 9.17) is 0 Å². The Morgan fingerprint density at radius 3 is 1.44 bits per heavy atom. The maximum atomic E-state index is 2.48. The van der Waals surface area contributed by atoms with Gasteiger partial charge in [-0.15, -0.1) is 24.0 Å². The van der Waals surface area contributed by atoms with Crippen molar-refractivity contribution < 1.29 is 51.0 Å². The van der Waals surface area contributed by atoms with Gasteiger partial charge >= 0.3 is 26.2 Å². The Hall–Kier alpha value is 0.423. The van der Waals surface area contributed by atoms with Crippen molar-refractivity contribution in [2.75, 3.05) is 0 Å². The topological polar surface area (TPSA) is 0 Å². The Morgan fingerprint density at radius 2 is 1.12 bits per heavy atom. The molecule has 0 saturated heterocycles. The molecule has 0 aromatic rings. The van der Waals surface area contributed by atoms with E-state index in [-0.39, 0.29) is 51.0 Å². The van der Waals surface area contributed by atoms with Crippen molar-refractivity contribution in [2.45, 2.75) is 40.5 Å². The van der Waals surface area contributed by atoms with E-state index < -0.39 is 0 Å². The van der Waals surface area contributed by atoms with Gasteiger partial charge in [0.2, 0.25) is 0 Å². The molecule has 4 aliphatic rings. The Balaban J connectivity index is 0.000000411. The molecule has 0 aliphatic heterocycles. The number of hydrogen-bond donors (Lipinski definition) is 0. The third-order valence-electron chi connectivity index (χ3n) is 5.84. The molecule has 25 heavy (non-hydrogen) atoms. The van der Waals surface area contributed by atoms with Crippen molar-refractivity contribution in [3.8, 4) is 0 Å². The predicted octanol–water partition coefficient (Wildman–Crippen LogP) is -0.0365. The van der Waals surface area contributed by atoms with Gasteiger partial charge in [-0.2, -0.15) is 11.8 Å². The molecular weight excluding hydrogens is 426 g/mol. The molecule has 0 aromatic heterocycles. The summed E-state index contributed by atoms with van der Waals surface area (Å²) in [7, 11) is 0. The van der Waals surface area contributed by atoms with Gasteiger partial charge in [-0.25, -0.2) is 0 Å². The van der Waals surface area contributed by atoms with Crippen molar-refractivity contribution in [3.05, 3.63) is 60.4 Å². The number of hydrogen-bond acceptors (Lipinski definition) is 0. The van der Waals surface area contributed by atoms with Gasteiger partial charge in [0.15, 0.2) is 0 Å². The molecule has 0 aromatic carbocycles. The summed E-state index contributed by atoms with van der Waals surface area (Å²) in [5.41, 5.74) is 3.14. The molecule has 0 N–H and O–H groups in total. The van der Waals surface area contributed by atoms with Gasteiger partial charge in [0.05, 0.1) is 0 Å². The molecule has 136 valence electrons. The minimum absolute atomic E-state index is 0. The molecule has 4 aliphatic carbocycles. The fourth-order valence-electron chi connectivity index (χ4n) is 4.59. The summed E-state index contributed by atoms with van der Waals surface area (Å²) in [5.74, 6) is 4.78. The molecule has 0 radical (unpaired) electrons. The summed E-state index contributed by atoms with van der Waals surface area (Å²) in [4.78, 5) is 0. The summed E-state index contributed by atoms with van der Waals surface area (Å²) in [6.45, 7) is 9.15. The van der Waals surface area contributed by atoms with Crippen molar-refractivity contribution in [1.29, 1.82) is 0 Å². The van der Waals surface area contributed by atoms with Crippen LogP contribution in [0.2, 0.25) is 0 Å². The van der Waals surface area contributed by atoms with Gasteiger partial charge in [0, 0.05) is 0 Å². The molecular formula is C22H30Cl2Zr. The van der Waals surface area contributed by atoms with E-state index in [1.807, 2.05) is 0 Å². The van der Waals surface area contributed by atoms with E-state index in [0.29, 0.717) is 0 Å². The van der Waals surface area contributed by atoms with Crippen LogP contribution in [0.5, 0.6) is 0 Å². The Kier molecular flexibility index (Phi) is 11.5. The van der Waals surface area contributed by atoms with E-state index in [1.54, 1.807) is 11.1 Å². The zero-order valence-corrected chi connectivity index (χ0v) is 19.7. The summed E-state index contributed by atoms with van der Waals surface area (Å²) in [6, 6.07) is 0. The molecule has 2 saturated carbocycles. The van der Waals surface area contributed by atoms with Gasteiger partial charge in [0.25, 0.3) is 0 Å². The molecule has 0 spiro atoms. The first-order chi connectivity index (χ1) is 10.5. The van der Waals surface area contributed by atoms with Gasteiger partial charge in [-0.1, -0.05) is 62.1 Å². The average molecular weight is 457 g/mol. The van der Waals surface area contributed by atoms with Crippen molar-refractivity contribution in [3.63, 3.8) is 0 Å². The van der Waals surface area contributed by atoms with Crippen molar-refractivity contribution >= 4 is 0 Å². The third kappa shape index (κ3) is 6.22. The second-order valence-corrected chi connectivity index (χ2v) is 7.77. The van der Waals surface area contributed by atoms with Crippen LogP contribution in [0.1, 0.15) is 40.5 Å². The fraction of sp³-hybridized carbons (Fsp3) is 0.545. The maximum absolute atomic E-state index is 2.48. The quantitative estimate of drug-likeness (QED) is 0.449. The molecule has 0 bridgehead atoms. The summed E-state index contributed by atoms with van der Waals surface area (Å²) in [6.07, 6.45) is 21.3. The number of fused-ring (bicyclic) bond motifs is 2. The second kappa shape index (κ2) is 11.3. The van der Waals surface area contributed by atoms with Crippen molar-refractivity contribution in [2.24, 2.45) is 35.5 Å². The Bertz CT molecular complexity index is 484. The normalized spacial score (nSPS) is 37.0. The van der Waals surface area contributed by atoms with Crippen LogP contribution >= 0.6 is 0 Å². The van der Waals surface area contributed by atoms with Crippen LogP contribution in [-0.4, -0.2) is 0 Å². The van der Waals surface area contributed by atoms with E-state index in [9.17, 15) is 0 Å². The van der Waals surface area contributed by atoms with Gasteiger partial charge in [-0.3, -0.25) is 0 Å². The standard InChI is InChI=1S/2C11H15.2ClH.Zr/c2*1-8-6-10-5-3-4-9(2)11(10)7-8;;;/h2*3-6,8,10-11H,7H2,1-2H3;2*1H;/q2*-1;;;+4/p-2. The Labute approximate surface area is 186 Å². The minimum Gasteiger partial charge on any atom is -1.00 e. The van der Waals surface area contributed by atoms with Crippen LogP contribution in [0, 0.1) is 48.3 Å². The maximum Gasteiger partial charge on any atom is 4.00 e. The van der Waals surface area contributed by atoms with Gasteiger partial charge in [0.1, 0.15) is 0 Å². The molecule has 0 nitrogen and oxygen atoms in total. The number of halogens is 2. The van der Waals surface area contributed by atoms with Crippen molar-refractivity contribution in [1.82, 2.24) is 0 Å². The summed E-state index contributed by atoms with van der Waals surface area (Å²) in [5, 5.41) is 0. The fourth-order valence-corrected chi connectivity index (χ4v) is 4.59. The predicted molar refractivity (Wildman–Crippen MR) is 95.9 cm³/mol. The molecule has 0 amide bonds. The van der Waals surface area contributed by atoms with Crippen LogP contribution in [0.3, 0.4) is 0 Å². The van der Waals surface area contributed by atoms with E-state index in [2.05, 4.69) is 77.0 Å². The van der Waals surface area contributed by atoms with Crippen LogP contribution in [0.15, 0.2) is 47.6 Å². The number of rotatable bonds is 0. The summed E-state index contributed by atoms with van der Waals surface area (Å²) >= 11 is 0. The van der Waals surface area contributed by atoms with Gasteiger partial charge in [-0.05, 0) is 25.7 Å². The molecule has 3 heteroatoms. The first-order valence-corrected chi connectivity index (χ1v) is 8.94. The number of allylic oxidation sites excluding steroid dienone is 8. The van der Waals surface area contributed by atoms with Crippen LogP contribution in [0.25, 0.3) is 0 Å².